The van der Waals surface area contributed by atoms with Crippen LogP contribution in [0.1, 0.15) is 36.3 Å². The number of aliphatic carboxylic acids is 1. The second kappa shape index (κ2) is 7.24. The third kappa shape index (κ3) is 5.34. The van der Waals surface area contributed by atoms with Crippen LogP contribution in [0.25, 0.3) is 0 Å². The average Bonchev–Trinajstić information content (AvgIpc) is 2.41. The molecule has 0 aliphatic rings. The number of carbonyl (C=O) groups excluding carboxylic acids is 1. The number of pyridine rings is 1. The molecule has 22 heavy (non-hydrogen) atoms. The van der Waals surface area contributed by atoms with Gasteiger partial charge in [0.1, 0.15) is 5.69 Å². The largest absolute Gasteiger partial charge is 0.481 e. The lowest BCUT2D eigenvalue weighted by Gasteiger charge is -2.15. The number of hydrogen-bond donors (Lipinski definition) is 2. The topological polar surface area (TPSA) is 79.3 Å². The van der Waals surface area contributed by atoms with Gasteiger partial charge in [0.05, 0.1) is 11.5 Å². The van der Waals surface area contributed by atoms with Crippen LogP contribution in [0, 0.1) is 11.8 Å². The molecular weight excluding hydrogens is 301 g/mol. The normalized spacial score (nSPS) is 13.0. The molecule has 0 aliphatic heterocycles. The monoisotopic (exact) mass is 318 g/mol. The molecule has 0 aromatic carbocycles. The molecule has 1 amide bonds. The summed E-state index contributed by atoms with van der Waals surface area (Å²) in [5.41, 5.74) is -1.14. The van der Waals surface area contributed by atoms with Crippen molar-refractivity contribution < 1.29 is 27.9 Å². The number of nitrogens with zero attached hydrogens (tertiary/aromatic N) is 1. The van der Waals surface area contributed by atoms with Crippen LogP contribution in [0.15, 0.2) is 18.3 Å². The fraction of sp³-hybridized carbons (Fsp3) is 0.500. The van der Waals surface area contributed by atoms with Crippen molar-refractivity contribution in [1.29, 1.82) is 0 Å². The summed E-state index contributed by atoms with van der Waals surface area (Å²) in [4.78, 5) is 26.0. The summed E-state index contributed by atoms with van der Waals surface area (Å²) in [6, 6.07) is 1.71. The van der Waals surface area contributed by atoms with Crippen LogP contribution in [0.4, 0.5) is 13.2 Å². The third-order valence-electron chi connectivity index (χ3n) is 2.93. The Kier molecular flexibility index (Phi) is 5.90. The average molecular weight is 318 g/mol. The first kappa shape index (κ1) is 17.9. The predicted octanol–water partition coefficient (Wildman–Crippen LogP) is 2.58. The third-order valence-corrected chi connectivity index (χ3v) is 2.93. The number of halogens is 3. The van der Waals surface area contributed by atoms with Gasteiger partial charge in [-0.2, -0.15) is 13.2 Å². The van der Waals surface area contributed by atoms with E-state index in [0.717, 1.165) is 12.3 Å². The zero-order valence-electron chi connectivity index (χ0n) is 12.1. The summed E-state index contributed by atoms with van der Waals surface area (Å²) in [5, 5.41) is 11.4. The molecule has 0 bridgehead atoms. The van der Waals surface area contributed by atoms with Gasteiger partial charge in [-0.25, -0.2) is 0 Å². The van der Waals surface area contributed by atoms with Crippen molar-refractivity contribution >= 4 is 11.9 Å². The molecule has 2 N–H and O–H groups in total. The van der Waals surface area contributed by atoms with Crippen molar-refractivity contribution in [1.82, 2.24) is 10.3 Å². The second-order valence-electron chi connectivity index (χ2n) is 5.30. The highest BCUT2D eigenvalue weighted by molar-refractivity contribution is 5.94. The molecule has 1 aromatic rings. The standard InChI is InChI=1S/C14H17F3N2O3/c1-8(2)5-10(13(21)22)7-19-12(20)9-3-4-11(18-6-9)14(15,16)17/h3-4,6,8,10H,5,7H2,1-2H3,(H,19,20)(H,21,22). The molecule has 0 saturated heterocycles. The number of rotatable bonds is 6. The van der Waals surface area contributed by atoms with Crippen LogP contribution in [0.3, 0.4) is 0 Å². The Morgan fingerprint density at radius 3 is 2.36 bits per heavy atom. The first-order valence-corrected chi connectivity index (χ1v) is 6.65. The van der Waals surface area contributed by atoms with Crippen molar-refractivity contribution in [3.63, 3.8) is 0 Å². The molecule has 1 unspecified atom stereocenters. The van der Waals surface area contributed by atoms with Crippen LogP contribution in [-0.4, -0.2) is 28.5 Å². The Balaban J connectivity index is 2.67. The number of carboxylic acid groups (broad SMARTS) is 1. The zero-order valence-corrected chi connectivity index (χ0v) is 12.1. The smallest absolute Gasteiger partial charge is 0.433 e. The van der Waals surface area contributed by atoms with E-state index < -0.39 is 29.7 Å². The molecule has 8 heteroatoms. The van der Waals surface area contributed by atoms with Crippen molar-refractivity contribution in [2.75, 3.05) is 6.54 Å². The Morgan fingerprint density at radius 2 is 1.95 bits per heavy atom. The molecule has 1 rings (SSSR count). The zero-order chi connectivity index (χ0) is 16.9. The summed E-state index contributed by atoms with van der Waals surface area (Å²) in [5.74, 6) is -2.28. The van der Waals surface area contributed by atoms with E-state index in [2.05, 4.69) is 10.3 Å². The summed E-state index contributed by atoms with van der Waals surface area (Å²) >= 11 is 0. The number of nitrogens with one attached hydrogen (secondary N) is 1. The van der Waals surface area contributed by atoms with Crippen molar-refractivity contribution in [2.24, 2.45) is 11.8 Å². The van der Waals surface area contributed by atoms with Gasteiger partial charge in [0.25, 0.3) is 5.91 Å². The lowest BCUT2D eigenvalue weighted by Crippen LogP contribution is -2.33. The van der Waals surface area contributed by atoms with Gasteiger partial charge in [0.15, 0.2) is 0 Å². The molecule has 0 radical (unpaired) electrons. The van der Waals surface area contributed by atoms with E-state index in [1.807, 2.05) is 13.8 Å². The van der Waals surface area contributed by atoms with Gasteiger partial charge in [0.2, 0.25) is 0 Å². The van der Waals surface area contributed by atoms with Gasteiger partial charge in [-0.1, -0.05) is 13.8 Å². The number of alkyl halides is 3. The van der Waals surface area contributed by atoms with E-state index in [1.54, 1.807) is 0 Å². The summed E-state index contributed by atoms with van der Waals surface area (Å²) in [6.45, 7) is 3.63. The highest BCUT2D eigenvalue weighted by atomic mass is 19.4. The quantitative estimate of drug-likeness (QED) is 0.845. The summed E-state index contributed by atoms with van der Waals surface area (Å²) in [6.07, 6.45) is -3.36. The molecule has 1 aromatic heterocycles. The van der Waals surface area contributed by atoms with E-state index >= 15 is 0 Å². The first-order chi connectivity index (χ1) is 10.1. The summed E-state index contributed by atoms with van der Waals surface area (Å²) < 4.78 is 37.1. The highest BCUT2D eigenvalue weighted by Crippen LogP contribution is 2.27. The lowest BCUT2D eigenvalue weighted by atomic mass is 9.97. The number of hydrogen-bond acceptors (Lipinski definition) is 3. The van der Waals surface area contributed by atoms with Gasteiger partial charge >= 0.3 is 12.1 Å². The highest BCUT2D eigenvalue weighted by Gasteiger charge is 2.32. The number of aromatic nitrogens is 1. The maximum absolute atomic E-state index is 12.4. The molecule has 0 spiro atoms. The van der Waals surface area contributed by atoms with Gasteiger partial charge in [-0.3, -0.25) is 14.6 Å². The Labute approximate surface area is 125 Å². The van der Waals surface area contributed by atoms with E-state index in [0.29, 0.717) is 12.5 Å². The molecule has 1 atom stereocenters. The molecule has 0 saturated carbocycles. The van der Waals surface area contributed by atoms with Crippen molar-refractivity contribution in [3.8, 4) is 0 Å². The Morgan fingerprint density at radius 1 is 1.32 bits per heavy atom. The van der Waals surface area contributed by atoms with Gasteiger partial charge in [0, 0.05) is 12.7 Å². The fourth-order valence-electron chi connectivity index (χ4n) is 1.85. The van der Waals surface area contributed by atoms with E-state index in [4.69, 9.17) is 5.11 Å². The van der Waals surface area contributed by atoms with E-state index in [1.165, 1.54) is 0 Å². The molecular formula is C14H17F3N2O3. The lowest BCUT2D eigenvalue weighted by molar-refractivity contribution is -0.142. The number of carbonyl (C=O) groups is 2. The Hall–Kier alpha value is -2.12. The predicted molar refractivity (Wildman–Crippen MR) is 72.2 cm³/mol. The van der Waals surface area contributed by atoms with E-state index in [-0.39, 0.29) is 18.0 Å². The minimum Gasteiger partial charge on any atom is -0.481 e. The fourth-order valence-corrected chi connectivity index (χ4v) is 1.85. The van der Waals surface area contributed by atoms with Crippen LogP contribution >= 0.6 is 0 Å². The van der Waals surface area contributed by atoms with Crippen LogP contribution in [-0.2, 0) is 11.0 Å². The van der Waals surface area contributed by atoms with Crippen molar-refractivity contribution in [3.05, 3.63) is 29.6 Å². The first-order valence-electron chi connectivity index (χ1n) is 6.65. The second-order valence-corrected chi connectivity index (χ2v) is 5.30. The van der Waals surface area contributed by atoms with Crippen LogP contribution < -0.4 is 5.32 Å². The van der Waals surface area contributed by atoms with Gasteiger partial charge in [-0.05, 0) is 24.5 Å². The van der Waals surface area contributed by atoms with E-state index in [9.17, 15) is 22.8 Å². The molecule has 0 aliphatic carbocycles. The summed E-state index contributed by atoms with van der Waals surface area (Å²) in [7, 11) is 0. The molecule has 1 heterocycles. The molecule has 122 valence electrons. The molecule has 0 fully saturated rings. The van der Waals surface area contributed by atoms with Gasteiger partial charge in [-0.15, -0.1) is 0 Å². The molecule has 5 nitrogen and oxygen atoms in total. The number of amides is 1. The van der Waals surface area contributed by atoms with Gasteiger partial charge < -0.3 is 10.4 Å². The van der Waals surface area contributed by atoms with Crippen LogP contribution in [0.2, 0.25) is 0 Å². The SMILES string of the molecule is CC(C)CC(CNC(=O)c1ccc(C(F)(F)F)nc1)C(=O)O. The van der Waals surface area contributed by atoms with Crippen molar-refractivity contribution in [2.45, 2.75) is 26.4 Å². The maximum atomic E-state index is 12.4. The number of carboxylic acids is 1. The Bertz CT molecular complexity index is 527. The minimum atomic E-state index is -4.57. The van der Waals surface area contributed by atoms with Crippen LogP contribution in [0.5, 0.6) is 0 Å². The maximum Gasteiger partial charge on any atom is 0.433 e. The minimum absolute atomic E-state index is 0.0540.